The number of oxazole rings is 1. The van der Waals surface area contributed by atoms with Crippen molar-refractivity contribution >= 4 is 23.2 Å². The Balaban J connectivity index is 1.22. The van der Waals surface area contributed by atoms with Crippen LogP contribution < -0.4 is 15.0 Å². The molecule has 1 aromatic carbocycles. The number of amides is 1. The Bertz CT molecular complexity index is 910. The molecule has 1 N–H and O–H groups in total. The van der Waals surface area contributed by atoms with Crippen molar-refractivity contribution in [1.29, 1.82) is 0 Å². The third-order valence-corrected chi connectivity index (χ3v) is 5.76. The first-order valence-electron chi connectivity index (χ1n) is 11.7. The molecule has 0 bridgehead atoms. The molecule has 2 heterocycles. The van der Waals surface area contributed by atoms with Crippen LogP contribution in [0.4, 0.5) is 10.8 Å². The lowest BCUT2D eigenvalue weighted by atomic mass is 9.96. The normalized spacial score (nSPS) is 18.9. The van der Waals surface area contributed by atoms with Crippen LogP contribution in [0.25, 0.3) is 11.1 Å². The second-order valence-electron chi connectivity index (χ2n) is 9.86. The fourth-order valence-corrected chi connectivity index (χ4v) is 3.83. The number of hydrogen-bond acceptors (Lipinski definition) is 7. The van der Waals surface area contributed by atoms with Crippen LogP contribution >= 0.6 is 0 Å². The van der Waals surface area contributed by atoms with Crippen molar-refractivity contribution in [2.45, 2.75) is 83.6 Å². The van der Waals surface area contributed by atoms with Gasteiger partial charge in [-0.1, -0.05) is 0 Å². The highest BCUT2D eigenvalue weighted by atomic mass is 16.6. The van der Waals surface area contributed by atoms with Gasteiger partial charge in [-0.3, -0.25) is 0 Å². The van der Waals surface area contributed by atoms with Crippen molar-refractivity contribution in [2.75, 3.05) is 24.6 Å². The summed E-state index contributed by atoms with van der Waals surface area (Å²) in [4.78, 5) is 18.7. The van der Waals surface area contributed by atoms with Gasteiger partial charge in [-0.25, -0.2) is 4.79 Å². The van der Waals surface area contributed by atoms with E-state index in [0.29, 0.717) is 18.7 Å². The lowest BCUT2D eigenvalue weighted by Crippen LogP contribution is -2.42. The van der Waals surface area contributed by atoms with Crippen molar-refractivity contribution in [2.24, 2.45) is 0 Å². The van der Waals surface area contributed by atoms with E-state index in [1.807, 2.05) is 45.9 Å². The number of benzene rings is 1. The minimum absolute atomic E-state index is 0.115. The van der Waals surface area contributed by atoms with Gasteiger partial charge in [0, 0.05) is 19.2 Å². The number of carbonyl (C=O) groups excluding carboxylic acids is 1. The first-order chi connectivity index (χ1) is 15.2. The summed E-state index contributed by atoms with van der Waals surface area (Å²) in [7, 11) is 0. The molecular formula is C24H35N3O5. The number of fused-ring (bicyclic) bond motifs is 1. The standard InChI is InChI=1S/C24H35N3O5/c1-16(25-23(28)32-24(2,3)4)15-29-17-10-12-27(13-11-17)22-26-20-9-8-19(14-21(20)31-22)30-18-6-5-7-18/h8-9,14,16-18H,5-7,10-13,15H2,1-4H3,(H,25,28)/t16-/m0/s1. The van der Waals surface area contributed by atoms with Crippen LogP contribution in [0.1, 0.15) is 59.8 Å². The predicted molar refractivity (Wildman–Crippen MR) is 122 cm³/mol. The topological polar surface area (TPSA) is 86.1 Å². The fourth-order valence-electron chi connectivity index (χ4n) is 3.83. The number of piperidine rings is 1. The van der Waals surface area contributed by atoms with E-state index in [0.717, 1.165) is 55.6 Å². The molecule has 0 spiro atoms. The van der Waals surface area contributed by atoms with Gasteiger partial charge in [-0.15, -0.1) is 0 Å². The smallest absolute Gasteiger partial charge is 0.407 e. The van der Waals surface area contributed by atoms with Crippen LogP contribution in [0.2, 0.25) is 0 Å². The highest BCUT2D eigenvalue weighted by Crippen LogP contribution is 2.30. The van der Waals surface area contributed by atoms with Crippen molar-refractivity contribution in [3.05, 3.63) is 18.2 Å². The van der Waals surface area contributed by atoms with Gasteiger partial charge in [0.2, 0.25) is 0 Å². The van der Waals surface area contributed by atoms with Gasteiger partial charge in [0.25, 0.3) is 6.01 Å². The van der Waals surface area contributed by atoms with Gasteiger partial charge in [-0.2, -0.15) is 4.98 Å². The number of nitrogens with one attached hydrogen (secondary N) is 1. The molecule has 0 radical (unpaired) electrons. The minimum Gasteiger partial charge on any atom is -0.490 e. The van der Waals surface area contributed by atoms with Crippen molar-refractivity contribution < 1.29 is 23.4 Å². The largest absolute Gasteiger partial charge is 0.490 e. The summed E-state index contributed by atoms with van der Waals surface area (Å²) in [5.74, 6) is 0.853. The SMILES string of the molecule is C[C@@H](COC1CCN(c2nc3ccc(OC4CCC4)cc3o2)CC1)NC(=O)OC(C)(C)C. The van der Waals surface area contributed by atoms with Gasteiger partial charge in [0.1, 0.15) is 16.9 Å². The maximum atomic E-state index is 11.9. The van der Waals surface area contributed by atoms with Crippen LogP contribution in [0.15, 0.2) is 22.6 Å². The zero-order valence-electron chi connectivity index (χ0n) is 19.6. The second kappa shape index (κ2) is 9.57. The van der Waals surface area contributed by atoms with Crippen molar-refractivity contribution in [3.8, 4) is 5.75 Å². The Labute approximate surface area is 189 Å². The number of rotatable bonds is 7. The molecule has 1 saturated heterocycles. The molecule has 1 aliphatic carbocycles. The highest BCUT2D eigenvalue weighted by molar-refractivity contribution is 5.76. The van der Waals surface area contributed by atoms with Gasteiger partial charge in [0.15, 0.2) is 5.58 Å². The average Bonchev–Trinajstić information content (AvgIpc) is 3.11. The number of anilines is 1. The van der Waals surface area contributed by atoms with E-state index in [2.05, 4.69) is 15.2 Å². The van der Waals surface area contributed by atoms with Crippen molar-refractivity contribution in [1.82, 2.24) is 10.3 Å². The summed E-state index contributed by atoms with van der Waals surface area (Å²) in [5, 5.41) is 2.82. The van der Waals surface area contributed by atoms with Crippen LogP contribution in [0.3, 0.4) is 0 Å². The molecule has 0 unspecified atom stereocenters. The van der Waals surface area contributed by atoms with Gasteiger partial charge < -0.3 is 28.8 Å². The summed E-state index contributed by atoms with van der Waals surface area (Å²) in [6.07, 6.45) is 5.36. The lowest BCUT2D eigenvalue weighted by molar-refractivity contribution is 0.0179. The number of ether oxygens (including phenoxy) is 3. The molecule has 32 heavy (non-hydrogen) atoms. The molecule has 2 aliphatic rings. The molecule has 2 fully saturated rings. The molecule has 1 aromatic heterocycles. The Morgan fingerprint density at radius 2 is 1.97 bits per heavy atom. The van der Waals surface area contributed by atoms with E-state index >= 15 is 0 Å². The number of hydrogen-bond donors (Lipinski definition) is 1. The lowest BCUT2D eigenvalue weighted by Gasteiger charge is -2.31. The van der Waals surface area contributed by atoms with E-state index < -0.39 is 11.7 Å². The van der Waals surface area contributed by atoms with E-state index in [1.54, 1.807) is 0 Å². The van der Waals surface area contributed by atoms with E-state index in [1.165, 1.54) is 6.42 Å². The molecule has 8 heteroatoms. The second-order valence-corrected chi connectivity index (χ2v) is 9.86. The number of aromatic nitrogens is 1. The van der Waals surface area contributed by atoms with Crippen LogP contribution in [-0.4, -0.2) is 54.6 Å². The summed E-state index contributed by atoms with van der Waals surface area (Å²) < 4.78 is 23.3. The predicted octanol–water partition coefficient (Wildman–Crippen LogP) is 4.66. The van der Waals surface area contributed by atoms with Crippen LogP contribution in [0, 0.1) is 0 Å². The monoisotopic (exact) mass is 445 g/mol. The van der Waals surface area contributed by atoms with Gasteiger partial charge in [-0.05, 0) is 71.9 Å². The summed E-state index contributed by atoms with van der Waals surface area (Å²) in [5.41, 5.74) is 1.10. The first-order valence-corrected chi connectivity index (χ1v) is 11.7. The Morgan fingerprint density at radius 1 is 1.22 bits per heavy atom. The maximum Gasteiger partial charge on any atom is 0.407 e. The van der Waals surface area contributed by atoms with Gasteiger partial charge >= 0.3 is 6.09 Å². The number of alkyl carbamates (subject to hydrolysis) is 1. The zero-order chi connectivity index (χ0) is 22.7. The molecule has 176 valence electrons. The van der Waals surface area contributed by atoms with Crippen molar-refractivity contribution in [3.63, 3.8) is 0 Å². The quantitative estimate of drug-likeness (QED) is 0.663. The third kappa shape index (κ3) is 6.06. The van der Waals surface area contributed by atoms with Gasteiger partial charge in [0.05, 0.1) is 24.9 Å². The van der Waals surface area contributed by atoms with Crippen LogP contribution in [0.5, 0.6) is 5.75 Å². The number of carbonyl (C=O) groups is 1. The fraction of sp³-hybridized carbons (Fsp3) is 0.667. The molecule has 2 aromatic rings. The minimum atomic E-state index is -0.507. The molecular weight excluding hydrogens is 410 g/mol. The molecule has 8 nitrogen and oxygen atoms in total. The van der Waals surface area contributed by atoms with Crippen LogP contribution in [-0.2, 0) is 9.47 Å². The molecule has 1 saturated carbocycles. The summed E-state index contributed by atoms with van der Waals surface area (Å²) >= 11 is 0. The summed E-state index contributed by atoms with van der Waals surface area (Å²) in [6.45, 7) is 9.55. The highest BCUT2D eigenvalue weighted by Gasteiger charge is 2.25. The first kappa shape index (κ1) is 22.7. The Kier molecular flexibility index (Phi) is 6.79. The third-order valence-electron chi connectivity index (χ3n) is 5.76. The Hall–Kier alpha value is -2.48. The average molecular weight is 446 g/mol. The maximum absolute atomic E-state index is 11.9. The van der Waals surface area contributed by atoms with E-state index in [-0.39, 0.29) is 12.1 Å². The zero-order valence-corrected chi connectivity index (χ0v) is 19.6. The molecule has 1 amide bonds. The molecule has 4 rings (SSSR count). The van der Waals surface area contributed by atoms with E-state index in [9.17, 15) is 4.79 Å². The Morgan fingerprint density at radius 3 is 2.62 bits per heavy atom. The summed E-state index contributed by atoms with van der Waals surface area (Å²) in [6, 6.07) is 6.42. The number of nitrogens with zero attached hydrogens (tertiary/aromatic N) is 2. The molecule has 1 aliphatic heterocycles. The van der Waals surface area contributed by atoms with E-state index in [4.69, 9.17) is 18.6 Å². The molecule has 1 atom stereocenters.